The third-order valence-electron chi connectivity index (χ3n) is 5.09. The first kappa shape index (κ1) is 26.1. The Labute approximate surface area is 206 Å². The van der Waals surface area contributed by atoms with Crippen molar-refractivity contribution in [2.45, 2.75) is 32.1 Å². The smallest absolute Gasteiger partial charge is 0.231 e. The van der Waals surface area contributed by atoms with E-state index in [4.69, 9.17) is 10.1 Å². The molecule has 0 saturated heterocycles. The summed E-state index contributed by atoms with van der Waals surface area (Å²) in [6, 6.07) is 7.97. The summed E-state index contributed by atoms with van der Waals surface area (Å²) in [5.74, 6) is -0.823. The fourth-order valence-electron chi connectivity index (χ4n) is 3.32. The van der Waals surface area contributed by atoms with Crippen molar-refractivity contribution < 1.29 is 18.5 Å². The second-order valence-electron chi connectivity index (χ2n) is 8.84. The van der Waals surface area contributed by atoms with Crippen LogP contribution in [-0.2, 0) is 22.4 Å². The highest BCUT2D eigenvalue weighted by atomic mass is 32.2. The summed E-state index contributed by atoms with van der Waals surface area (Å²) < 4.78 is 32.4. The third-order valence-corrected chi connectivity index (χ3v) is 6.01. The maximum absolute atomic E-state index is 14.7. The molecule has 0 aliphatic rings. The molecule has 0 saturated carbocycles. The topological polar surface area (TPSA) is 123 Å². The van der Waals surface area contributed by atoms with Crippen LogP contribution in [0.3, 0.4) is 0 Å². The van der Waals surface area contributed by atoms with Crippen LogP contribution in [0.15, 0.2) is 59.4 Å². The zero-order valence-electron chi connectivity index (χ0n) is 20.2. The number of benzene rings is 1. The molecule has 3 N–H and O–H groups in total. The van der Waals surface area contributed by atoms with E-state index in [1.165, 1.54) is 12.3 Å². The number of hydrogen-bond donors (Lipinski definition) is 3. The van der Waals surface area contributed by atoms with Crippen molar-refractivity contribution in [1.82, 2.24) is 20.6 Å². The van der Waals surface area contributed by atoms with Crippen molar-refractivity contribution in [2.24, 2.45) is 5.41 Å². The number of amides is 1. The number of amidine groups is 1. The van der Waals surface area contributed by atoms with Crippen LogP contribution in [0, 0.1) is 16.6 Å². The van der Waals surface area contributed by atoms with Gasteiger partial charge in [0, 0.05) is 41.9 Å². The van der Waals surface area contributed by atoms with Gasteiger partial charge < -0.3 is 19.9 Å². The van der Waals surface area contributed by atoms with Gasteiger partial charge in [-0.1, -0.05) is 20.8 Å². The van der Waals surface area contributed by atoms with Gasteiger partial charge >= 0.3 is 0 Å². The molecule has 1 unspecified atom stereocenters. The SMILES string of the molecule is CN/C(=C\C(=N)NC(=O)Cc1ncc(Oc2ccnc3ccc([S+](C)[O-])cc23)cc1F)C(C)(C)C. The van der Waals surface area contributed by atoms with Crippen LogP contribution >= 0.6 is 0 Å². The first-order valence-electron chi connectivity index (χ1n) is 10.8. The summed E-state index contributed by atoms with van der Waals surface area (Å²) in [5.41, 5.74) is 1.11. The molecule has 0 fully saturated rings. The molecule has 1 amide bonds. The van der Waals surface area contributed by atoms with E-state index in [9.17, 15) is 13.7 Å². The highest BCUT2D eigenvalue weighted by Crippen LogP contribution is 2.31. The Balaban J connectivity index is 1.73. The van der Waals surface area contributed by atoms with Gasteiger partial charge in [0.2, 0.25) is 5.91 Å². The maximum Gasteiger partial charge on any atom is 0.231 e. The van der Waals surface area contributed by atoms with Crippen LogP contribution in [0.25, 0.3) is 10.9 Å². The van der Waals surface area contributed by atoms with Gasteiger partial charge in [-0.05, 0) is 35.5 Å². The summed E-state index contributed by atoms with van der Waals surface area (Å²) in [7, 11) is 1.74. The Morgan fingerprint density at radius 3 is 2.63 bits per heavy atom. The van der Waals surface area contributed by atoms with Crippen molar-refractivity contribution in [3.63, 3.8) is 0 Å². The first-order chi connectivity index (χ1) is 16.5. The first-order valence-corrected chi connectivity index (χ1v) is 12.4. The number of pyridine rings is 2. The van der Waals surface area contributed by atoms with Crippen LogP contribution in [0.1, 0.15) is 26.5 Å². The van der Waals surface area contributed by atoms with Crippen LogP contribution in [0.4, 0.5) is 4.39 Å². The number of rotatable bonds is 7. The molecular weight excluding hydrogens is 469 g/mol. The second-order valence-corrected chi connectivity index (χ2v) is 10.2. The fraction of sp³-hybridized carbons (Fsp3) is 0.280. The second kappa shape index (κ2) is 10.8. The van der Waals surface area contributed by atoms with E-state index in [-0.39, 0.29) is 29.1 Å². The number of halogens is 1. The average Bonchev–Trinajstić information content (AvgIpc) is 2.78. The highest BCUT2D eigenvalue weighted by Gasteiger charge is 2.18. The molecule has 184 valence electrons. The molecule has 10 heteroatoms. The summed E-state index contributed by atoms with van der Waals surface area (Å²) in [5, 5.41) is 14.1. The molecule has 35 heavy (non-hydrogen) atoms. The number of fused-ring (bicyclic) bond motifs is 1. The summed E-state index contributed by atoms with van der Waals surface area (Å²) >= 11 is -1.18. The van der Waals surface area contributed by atoms with E-state index in [1.54, 1.807) is 43.8 Å². The van der Waals surface area contributed by atoms with Crippen LogP contribution in [-0.4, -0.2) is 39.6 Å². The number of ether oxygens (including phenoxy) is 1. The Morgan fingerprint density at radius 1 is 1.26 bits per heavy atom. The van der Waals surface area contributed by atoms with Gasteiger partial charge in [-0.3, -0.25) is 20.2 Å². The number of carbonyl (C=O) groups excluding carboxylic acids is 1. The van der Waals surface area contributed by atoms with Crippen LogP contribution in [0.5, 0.6) is 11.5 Å². The molecule has 2 heterocycles. The minimum atomic E-state index is -1.18. The van der Waals surface area contributed by atoms with Gasteiger partial charge in [0.05, 0.1) is 23.8 Å². The van der Waals surface area contributed by atoms with E-state index in [0.29, 0.717) is 21.5 Å². The molecule has 2 aromatic heterocycles. The van der Waals surface area contributed by atoms with Gasteiger partial charge in [0.15, 0.2) is 4.90 Å². The van der Waals surface area contributed by atoms with E-state index < -0.39 is 22.9 Å². The lowest BCUT2D eigenvalue weighted by atomic mass is 9.91. The van der Waals surface area contributed by atoms with E-state index in [0.717, 1.165) is 11.8 Å². The molecule has 0 aliphatic carbocycles. The fourth-order valence-corrected chi connectivity index (χ4v) is 3.86. The third kappa shape index (κ3) is 6.77. The average molecular weight is 498 g/mol. The molecule has 1 aromatic carbocycles. The molecule has 0 aliphatic heterocycles. The highest BCUT2D eigenvalue weighted by molar-refractivity contribution is 7.90. The summed E-state index contributed by atoms with van der Waals surface area (Å²) in [6.45, 7) is 5.93. The van der Waals surface area contributed by atoms with Gasteiger partial charge in [0.25, 0.3) is 0 Å². The van der Waals surface area contributed by atoms with Gasteiger partial charge in [-0.25, -0.2) is 4.39 Å². The zero-order valence-corrected chi connectivity index (χ0v) is 21.0. The normalized spacial score (nSPS) is 12.8. The molecule has 3 rings (SSSR count). The monoisotopic (exact) mass is 497 g/mol. The predicted octanol–water partition coefficient (Wildman–Crippen LogP) is 4.08. The number of hydrogen-bond acceptors (Lipinski definition) is 7. The van der Waals surface area contributed by atoms with E-state index in [1.807, 2.05) is 20.8 Å². The minimum absolute atomic E-state index is 0.0699. The van der Waals surface area contributed by atoms with E-state index in [2.05, 4.69) is 20.6 Å². The van der Waals surface area contributed by atoms with Crippen molar-refractivity contribution in [3.05, 3.63) is 66.0 Å². The number of nitrogens with one attached hydrogen (secondary N) is 3. The van der Waals surface area contributed by atoms with Gasteiger partial charge in [-0.2, -0.15) is 0 Å². The van der Waals surface area contributed by atoms with Crippen molar-refractivity contribution in [3.8, 4) is 11.5 Å². The number of nitrogens with zero attached hydrogens (tertiary/aromatic N) is 2. The Kier molecular flexibility index (Phi) is 8.08. The standard InChI is InChI=1S/C25H28FN5O3S/c1-25(2,3)22(28-4)13-23(27)31-24(32)12-20-18(26)10-15(14-30-20)34-21-8-9-29-19-7-6-16(35(5)33)11-17(19)21/h6-11,13-14,28H,12H2,1-5H3,(H2,27,31,32)/b22-13-. The Hall–Kier alpha value is -3.50. The molecule has 1 atom stereocenters. The molecule has 0 radical (unpaired) electrons. The molecule has 8 nitrogen and oxygen atoms in total. The van der Waals surface area contributed by atoms with Crippen LogP contribution in [0.2, 0.25) is 0 Å². The Bertz CT molecular complexity index is 1290. The quantitative estimate of drug-likeness (QED) is 0.257. The van der Waals surface area contributed by atoms with Crippen molar-refractivity contribution >= 4 is 33.8 Å². The number of allylic oxidation sites excluding steroid dienone is 1. The number of aromatic nitrogens is 2. The van der Waals surface area contributed by atoms with Crippen molar-refractivity contribution in [2.75, 3.05) is 13.3 Å². The predicted molar refractivity (Wildman–Crippen MR) is 135 cm³/mol. The molecule has 0 bridgehead atoms. The van der Waals surface area contributed by atoms with Crippen LogP contribution < -0.4 is 15.4 Å². The largest absolute Gasteiger partial charge is 0.612 e. The molecule has 0 spiro atoms. The van der Waals surface area contributed by atoms with Gasteiger partial charge in [-0.15, -0.1) is 0 Å². The van der Waals surface area contributed by atoms with Gasteiger partial charge in [0.1, 0.15) is 29.4 Å². The number of carbonyl (C=O) groups is 1. The lowest BCUT2D eigenvalue weighted by molar-refractivity contribution is -0.119. The summed E-state index contributed by atoms with van der Waals surface area (Å²) in [6.07, 6.45) is 5.65. The zero-order chi connectivity index (χ0) is 25.8. The van der Waals surface area contributed by atoms with E-state index >= 15 is 0 Å². The lowest BCUT2D eigenvalue weighted by Crippen LogP contribution is -2.32. The maximum atomic E-state index is 14.7. The summed E-state index contributed by atoms with van der Waals surface area (Å²) in [4.78, 5) is 21.3. The lowest BCUT2D eigenvalue weighted by Gasteiger charge is -2.22. The minimum Gasteiger partial charge on any atom is -0.612 e. The molecular formula is C25H28FN5O3S. The molecule has 3 aromatic rings. The van der Waals surface area contributed by atoms with Crippen molar-refractivity contribution in [1.29, 1.82) is 5.41 Å². The Morgan fingerprint density at radius 2 is 2.00 bits per heavy atom.